The van der Waals surface area contributed by atoms with Gasteiger partial charge in [0, 0.05) is 0 Å². The molecule has 0 saturated heterocycles. The number of nitrogens with two attached hydrogens (primary N) is 1. The maximum Gasteiger partial charge on any atom is 0.416 e. The Morgan fingerprint density at radius 3 is 2.50 bits per heavy atom. The lowest BCUT2D eigenvalue weighted by Gasteiger charge is -2.16. The van der Waals surface area contributed by atoms with Gasteiger partial charge in [0.15, 0.2) is 0 Å². The minimum absolute atomic E-state index is 0.0306. The molecule has 0 spiro atoms. The summed E-state index contributed by atoms with van der Waals surface area (Å²) < 4.78 is 37.8. The molecule has 1 aromatic rings. The Bertz CT molecular complexity index is 489. The second-order valence-electron chi connectivity index (χ2n) is 4.92. The van der Waals surface area contributed by atoms with Crippen molar-refractivity contribution in [2.45, 2.75) is 32.5 Å². The second-order valence-corrected chi connectivity index (χ2v) is 5.32. The summed E-state index contributed by atoms with van der Waals surface area (Å²) >= 11 is 5.78. The molecular weight excluding hydrogens is 293 g/mol. The minimum atomic E-state index is -4.50. The molecule has 1 amide bonds. The molecule has 0 aliphatic rings. The van der Waals surface area contributed by atoms with E-state index >= 15 is 0 Å². The maximum absolute atomic E-state index is 12.6. The van der Waals surface area contributed by atoms with Crippen LogP contribution in [-0.2, 0) is 11.0 Å². The lowest BCUT2D eigenvalue weighted by molar-refractivity contribution is -0.137. The van der Waals surface area contributed by atoms with Gasteiger partial charge in [0.2, 0.25) is 5.91 Å². The number of hydrogen-bond donors (Lipinski definition) is 2. The van der Waals surface area contributed by atoms with Gasteiger partial charge in [-0.05, 0) is 30.5 Å². The number of hydrogen-bond acceptors (Lipinski definition) is 2. The number of benzene rings is 1. The molecule has 1 atom stereocenters. The number of anilines is 1. The molecule has 20 heavy (non-hydrogen) atoms. The van der Waals surface area contributed by atoms with E-state index in [4.69, 9.17) is 17.3 Å². The van der Waals surface area contributed by atoms with E-state index in [9.17, 15) is 18.0 Å². The third kappa shape index (κ3) is 4.68. The van der Waals surface area contributed by atoms with Crippen LogP contribution in [0.25, 0.3) is 0 Å². The zero-order valence-electron chi connectivity index (χ0n) is 11.1. The maximum atomic E-state index is 12.6. The van der Waals surface area contributed by atoms with Crippen molar-refractivity contribution in [3.8, 4) is 0 Å². The first-order valence-electron chi connectivity index (χ1n) is 6.04. The van der Waals surface area contributed by atoms with Crippen LogP contribution in [-0.4, -0.2) is 11.9 Å². The highest BCUT2D eigenvalue weighted by molar-refractivity contribution is 6.33. The number of carbonyl (C=O) groups excluding carboxylic acids is 1. The van der Waals surface area contributed by atoms with Crippen molar-refractivity contribution in [3.63, 3.8) is 0 Å². The van der Waals surface area contributed by atoms with Crippen LogP contribution in [0.4, 0.5) is 18.9 Å². The van der Waals surface area contributed by atoms with Gasteiger partial charge in [-0.15, -0.1) is 0 Å². The van der Waals surface area contributed by atoms with E-state index in [0.29, 0.717) is 6.42 Å². The van der Waals surface area contributed by atoms with E-state index in [-0.39, 0.29) is 16.6 Å². The molecule has 1 aromatic carbocycles. The summed E-state index contributed by atoms with van der Waals surface area (Å²) in [5.41, 5.74) is 4.69. The zero-order chi connectivity index (χ0) is 15.5. The molecule has 0 heterocycles. The molecule has 3 nitrogen and oxygen atoms in total. The summed E-state index contributed by atoms with van der Waals surface area (Å²) in [6.07, 6.45) is -4.06. The Balaban J connectivity index is 2.89. The lowest BCUT2D eigenvalue weighted by atomic mass is 10.0. The van der Waals surface area contributed by atoms with E-state index < -0.39 is 23.7 Å². The smallest absolute Gasteiger partial charge is 0.323 e. The van der Waals surface area contributed by atoms with Gasteiger partial charge in [0.05, 0.1) is 22.3 Å². The van der Waals surface area contributed by atoms with Gasteiger partial charge >= 0.3 is 6.18 Å². The quantitative estimate of drug-likeness (QED) is 0.891. The van der Waals surface area contributed by atoms with Crippen molar-refractivity contribution < 1.29 is 18.0 Å². The van der Waals surface area contributed by atoms with Crippen molar-refractivity contribution >= 4 is 23.2 Å². The highest BCUT2D eigenvalue weighted by Crippen LogP contribution is 2.33. The average molecular weight is 309 g/mol. The first-order chi connectivity index (χ1) is 9.11. The van der Waals surface area contributed by atoms with Crippen molar-refractivity contribution in [1.29, 1.82) is 0 Å². The van der Waals surface area contributed by atoms with Crippen LogP contribution in [0.5, 0.6) is 0 Å². The summed E-state index contributed by atoms with van der Waals surface area (Å²) in [7, 11) is 0. The predicted molar refractivity (Wildman–Crippen MR) is 72.5 cm³/mol. The van der Waals surface area contributed by atoms with Gasteiger partial charge in [0.25, 0.3) is 0 Å². The third-order valence-corrected chi connectivity index (χ3v) is 2.94. The number of rotatable bonds is 4. The molecule has 0 aromatic heterocycles. The molecule has 112 valence electrons. The molecule has 7 heteroatoms. The van der Waals surface area contributed by atoms with Crippen molar-refractivity contribution in [2.75, 3.05) is 5.32 Å². The highest BCUT2D eigenvalue weighted by atomic mass is 35.5. The summed E-state index contributed by atoms with van der Waals surface area (Å²) in [5, 5.41) is 2.36. The van der Waals surface area contributed by atoms with Gasteiger partial charge in [-0.1, -0.05) is 25.4 Å². The van der Waals surface area contributed by atoms with Crippen molar-refractivity contribution in [3.05, 3.63) is 28.8 Å². The van der Waals surface area contributed by atoms with Gasteiger partial charge in [-0.25, -0.2) is 0 Å². The van der Waals surface area contributed by atoms with E-state index in [0.717, 1.165) is 18.2 Å². The summed E-state index contributed by atoms with van der Waals surface area (Å²) in [5.74, 6) is -0.354. The first-order valence-corrected chi connectivity index (χ1v) is 6.42. The molecule has 1 rings (SSSR count). The van der Waals surface area contributed by atoms with Crippen molar-refractivity contribution in [1.82, 2.24) is 0 Å². The van der Waals surface area contributed by atoms with Crippen LogP contribution in [0.15, 0.2) is 18.2 Å². The molecule has 0 saturated carbocycles. The second kappa shape index (κ2) is 6.45. The molecule has 0 aliphatic heterocycles. The minimum Gasteiger partial charge on any atom is -0.323 e. The van der Waals surface area contributed by atoms with Gasteiger partial charge in [0.1, 0.15) is 0 Å². The van der Waals surface area contributed by atoms with Crippen LogP contribution in [0.2, 0.25) is 5.02 Å². The number of amides is 1. The predicted octanol–water partition coefficient (Wildman–Crippen LogP) is 3.67. The Morgan fingerprint density at radius 2 is 2.00 bits per heavy atom. The Hall–Kier alpha value is -1.27. The average Bonchev–Trinajstić information content (AvgIpc) is 2.29. The van der Waals surface area contributed by atoms with Crippen molar-refractivity contribution in [2.24, 2.45) is 11.7 Å². The van der Waals surface area contributed by atoms with Gasteiger partial charge < -0.3 is 11.1 Å². The number of halogens is 4. The van der Waals surface area contributed by atoms with E-state index in [1.807, 2.05) is 13.8 Å². The number of nitrogens with one attached hydrogen (secondary N) is 1. The molecule has 1 unspecified atom stereocenters. The third-order valence-electron chi connectivity index (χ3n) is 2.61. The summed E-state index contributed by atoms with van der Waals surface area (Å²) in [4.78, 5) is 11.8. The van der Waals surface area contributed by atoms with Crippen LogP contribution >= 0.6 is 11.6 Å². The summed E-state index contributed by atoms with van der Waals surface area (Å²) in [6, 6.07) is 1.95. The van der Waals surface area contributed by atoms with Crippen LogP contribution < -0.4 is 11.1 Å². The Morgan fingerprint density at radius 1 is 1.40 bits per heavy atom. The largest absolute Gasteiger partial charge is 0.416 e. The standard InChI is InChI=1S/C13H16ClF3N2O/c1-7(2)5-10(18)12(20)19-11-6-8(13(15,16)17)3-4-9(11)14/h3-4,6-7,10H,5,18H2,1-2H3,(H,19,20). The van der Waals surface area contributed by atoms with E-state index in [2.05, 4.69) is 5.32 Å². The van der Waals surface area contributed by atoms with E-state index in [1.165, 1.54) is 0 Å². The first kappa shape index (κ1) is 16.8. The van der Waals surface area contributed by atoms with Crippen LogP contribution in [0.1, 0.15) is 25.8 Å². The van der Waals surface area contributed by atoms with Gasteiger partial charge in [-0.2, -0.15) is 13.2 Å². The monoisotopic (exact) mass is 308 g/mol. The molecule has 0 fully saturated rings. The molecule has 0 aliphatic carbocycles. The Kier molecular flexibility index (Phi) is 5.42. The van der Waals surface area contributed by atoms with Crippen LogP contribution in [0, 0.1) is 5.92 Å². The van der Waals surface area contributed by atoms with Gasteiger partial charge in [-0.3, -0.25) is 4.79 Å². The number of alkyl halides is 3. The molecule has 0 radical (unpaired) electrons. The topological polar surface area (TPSA) is 55.1 Å². The Labute approximate surface area is 120 Å². The molecule has 0 bridgehead atoms. The SMILES string of the molecule is CC(C)CC(N)C(=O)Nc1cc(C(F)(F)F)ccc1Cl. The fourth-order valence-corrected chi connectivity index (χ4v) is 1.80. The van der Waals surface area contributed by atoms with Crippen LogP contribution in [0.3, 0.4) is 0 Å². The number of carbonyl (C=O) groups is 1. The van der Waals surface area contributed by atoms with E-state index in [1.54, 1.807) is 0 Å². The fourth-order valence-electron chi connectivity index (χ4n) is 1.64. The molecular formula is C13H16ClF3N2O. The highest BCUT2D eigenvalue weighted by Gasteiger charge is 2.31. The molecule has 3 N–H and O–H groups in total. The lowest BCUT2D eigenvalue weighted by Crippen LogP contribution is -2.36. The summed E-state index contributed by atoms with van der Waals surface area (Å²) in [6.45, 7) is 3.79. The normalized spacial score (nSPS) is 13.4. The zero-order valence-corrected chi connectivity index (χ0v) is 11.8. The fraction of sp³-hybridized carbons (Fsp3) is 0.462.